The van der Waals surface area contributed by atoms with Gasteiger partial charge in [-0.2, -0.15) is 0 Å². The van der Waals surface area contributed by atoms with Crippen molar-refractivity contribution in [2.75, 3.05) is 13.2 Å². The number of nitrogens with one attached hydrogen (secondary N) is 1. The van der Waals surface area contributed by atoms with Gasteiger partial charge in [0.2, 0.25) is 0 Å². The summed E-state index contributed by atoms with van der Waals surface area (Å²) in [7, 11) is 0. The highest BCUT2D eigenvalue weighted by molar-refractivity contribution is 4.91. The number of aliphatic hydroxyl groups excluding tert-OH is 3. The molecule has 5 nitrogen and oxygen atoms in total. The molecule has 0 radical (unpaired) electrons. The number of rotatable bonds is 4. The standard InChI is InChI=1S/C13H25NO4/c15-8-11-13(17)12(16)10(18-11)7-14-9-5-3-1-2-4-6-9/h9-17H,1-8H2/t10-,11-,12-,13-/m1/s1. The normalized spacial score (nSPS) is 38.8. The van der Waals surface area contributed by atoms with Crippen molar-refractivity contribution in [3.05, 3.63) is 0 Å². The second-order valence-corrected chi connectivity index (χ2v) is 5.47. The van der Waals surface area contributed by atoms with E-state index in [0.717, 1.165) is 0 Å². The Kier molecular flexibility index (Phi) is 5.38. The van der Waals surface area contributed by atoms with Crippen LogP contribution in [0.4, 0.5) is 0 Å². The molecule has 1 heterocycles. The second-order valence-electron chi connectivity index (χ2n) is 5.47. The van der Waals surface area contributed by atoms with Gasteiger partial charge in [-0.05, 0) is 12.8 Å². The molecule has 0 amide bonds. The van der Waals surface area contributed by atoms with Crippen molar-refractivity contribution >= 4 is 0 Å². The van der Waals surface area contributed by atoms with E-state index in [1.807, 2.05) is 0 Å². The lowest BCUT2D eigenvalue weighted by atomic mass is 10.1. The second kappa shape index (κ2) is 6.82. The molecule has 0 unspecified atom stereocenters. The molecule has 5 heteroatoms. The van der Waals surface area contributed by atoms with E-state index in [1.54, 1.807) is 0 Å². The predicted octanol–water partition coefficient (Wildman–Crippen LogP) is -0.220. The van der Waals surface area contributed by atoms with Gasteiger partial charge in [-0.15, -0.1) is 0 Å². The Balaban J connectivity index is 1.76. The number of ether oxygens (including phenoxy) is 1. The van der Waals surface area contributed by atoms with Gasteiger partial charge in [-0.25, -0.2) is 0 Å². The number of hydrogen-bond donors (Lipinski definition) is 4. The molecule has 4 N–H and O–H groups in total. The summed E-state index contributed by atoms with van der Waals surface area (Å²) in [5, 5.41) is 31.9. The minimum Gasteiger partial charge on any atom is -0.394 e. The van der Waals surface area contributed by atoms with Gasteiger partial charge in [-0.1, -0.05) is 25.7 Å². The average molecular weight is 259 g/mol. The van der Waals surface area contributed by atoms with E-state index >= 15 is 0 Å². The largest absolute Gasteiger partial charge is 0.394 e. The Morgan fingerprint density at radius 1 is 0.944 bits per heavy atom. The van der Waals surface area contributed by atoms with E-state index in [9.17, 15) is 10.2 Å². The minimum atomic E-state index is -0.976. The van der Waals surface area contributed by atoms with Crippen LogP contribution in [0.25, 0.3) is 0 Å². The summed E-state index contributed by atoms with van der Waals surface area (Å²) in [6, 6.07) is 0.494. The van der Waals surface area contributed by atoms with Gasteiger partial charge in [0.15, 0.2) is 0 Å². The molecule has 4 atom stereocenters. The Morgan fingerprint density at radius 3 is 2.11 bits per heavy atom. The van der Waals surface area contributed by atoms with Crippen molar-refractivity contribution in [3.63, 3.8) is 0 Å². The number of aliphatic hydroxyl groups is 3. The quantitative estimate of drug-likeness (QED) is 0.525. The van der Waals surface area contributed by atoms with E-state index in [2.05, 4.69) is 5.32 Å². The van der Waals surface area contributed by atoms with Crippen molar-refractivity contribution < 1.29 is 20.1 Å². The molecule has 0 aromatic heterocycles. The van der Waals surface area contributed by atoms with Gasteiger partial charge in [0.05, 0.1) is 12.7 Å². The van der Waals surface area contributed by atoms with Crippen LogP contribution in [-0.2, 0) is 4.74 Å². The summed E-state index contributed by atoms with van der Waals surface area (Å²) < 4.78 is 5.44. The maximum atomic E-state index is 9.82. The van der Waals surface area contributed by atoms with Crippen molar-refractivity contribution in [3.8, 4) is 0 Å². The lowest BCUT2D eigenvalue weighted by Crippen LogP contribution is -2.41. The van der Waals surface area contributed by atoms with E-state index < -0.39 is 24.4 Å². The first-order chi connectivity index (χ1) is 8.72. The Morgan fingerprint density at radius 2 is 1.56 bits per heavy atom. The lowest BCUT2D eigenvalue weighted by Gasteiger charge is -2.21. The Labute approximate surface area is 108 Å². The maximum Gasteiger partial charge on any atom is 0.111 e. The summed E-state index contributed by atoms with van der Waals surface area (Å²) >= 11 is 0. The van der Waals surface area contributed by atoms with Gasteiger partial charge >= 0.3 is 0 Å². The fourth-order valence-corrected chi connectivity index (χ4v) is 2.91. The third kappa shape index (κ3) is 3.42. The Hall–Kier alpha value is -0.200. The van der Waals surface area contributed by atoms with Crippen LogP contribution in [-0.4, -0.2) is 58.9 Å². The first-order valence-electron chi connectivity index (χ1n) is 7.08. The highest BCUT2D eigenvalue weighted by Gasteiger charge is 2.42. The van der Waals surface area contributed by atoms with Crippen LogP contribution in [0.5, 0.6) is 0 Å². The third-order valence-electron chi connectivity index (χ3n) is 4.10. The Bertz CT molecular complexity index is 243. The molecule has 0 bridgehead atoms. The van der Waals surface area contributed by atoms with E-state index in [-0.39, 0.29) is 6.61 Å². The van der Waals surface area contributed by atoms with E-state index in [0.29, 0.717) is 12.6 Å². The van der Waals surface area contributed by atoms with Gasteiger partial charge in [0, 0.05) is 12.6 Å². The molecule has 2 rings (SSSR count). The summed E-state index contributed by atoms with van der Waals surface area (Å²) in [6.07, 6.45) is 4.54. The monoisotopic (exact) mass is 259 g/mol. The molecule has 2 aliphatic rings. The molecule has 106 valence electrons. The van der Waals surface area contributed by atoms with Crippen LogP contribution < -0.4 is 5.32 Å². The molecule has 1 aliphatic heterocycles. The molecular weight excluding hydrogens is 234 g/mol. The van der Waals surface area contributed by atoms with Crippen molar-refractivity contribution in [2.45, 2.75) is 69.0 Å². The van der Waals surface area contributed by atoms with Crippen LogP contribution in [0.1, 0.15) is 38.5 Å². The first kappa shape index (κ1) is 14.2. The zero-order valence-electron chi connectivity index (χ0n) is 10.8. The summed E-state index contributed by atoms with van der Waals surface area (Å²) in [4.78, 5) is 0. The molecule has 1 aliphatic carbocycles. The smallest absolute Gasteiger partial charge is 0.111 e. The predicted molar refractivity (Wildman–Crippen MR) is 67.3 cm³/mol. The fraction of sp³-hybridized carbons (Fsp3) is 1.00. The number of hydrogen-bond acceptors (Lipinski definition) is 5. The zero-order chi connectivity index (χ0) is 13.0. The maximum absolute atomic E-state index is 9.82. The van der Waals surface area contributed by atoms with Gasteiger partial charge < -0.3 is 25.4 Å². The van der Waals surface area contributed by atoms with Crippen LogP contribution in [0.15, 0.2) is 0 Å². The topological polar surface area (TPSA) is 82.0 Å². The lowest BCUT2D eigenvalue weighted by molar-refractivity contribution is -0.0219. The van der Waals surface area contributed by atoms with Gasteiger partial charge in [-0.3, -0.25) is 0 Å². The molecule has 1 saturated carbocycles. The SMILES string of the molecule is OC[C@H]1O[C@H](CNC2CCCCCC2)[C@@H](O)[C@@H]1O. The van der Waals surface area contributed by atoms with Crippen molar-refractivity contribution in [1.29, 1.82) is 0 Å². The average Bonchev–Trinajstić information content (AvgIpc) is 2.60. The minimum absolute atomic E-state index is 0.252. The molecule has 0 spiro atoms. The molecule has 0 aromatic carbocycles. The van der Waals surface area contributed by atoms with Gasteiger partial charge in [0.25, 0.3) is 0 Å². The summed E-state index contributed by atoms with van der Waals surface area (Å²) in [5.41, 5.74) is 0. The van der Waals surface area contributed by atoms with E-state index in [1.165, 1.54) is 38.5 Å². The zero-order valence-corrected chi connectivity index (χ0v) is 10.8. The van der Waals surface area contributed by atoms with Gasteiger partial charge in [0.1, 0.15) is 18.3 Å². The molecule has 0 aromatic rings. The van der Waals surface area contributed by atoms with Crippen LogP contribution in [0.3, 0.4) is 0 Å². The van der Waals surface area contributed by atoms with Crippen LogP contribution in [0, 0.1) is 0 Å². The first-order valence-corrected chi connectivity index (χ1v) is 7.08. The molecular formula is C13H25NO4. The van der Waals surface area contributed by atoms with Crippen molar-refractivity contribution in [2.24, 2.45) is 0 Å². The highest BCUT2D eigenvalue weighted by atomic mass is 16.6. The molecule has 2 fully saturated rings. The fourth-order valence-electron chi connectivity index (χ4n) is 2.91. The van der Waals surface area contributed by atoms with Crippen LogP contribution >= 0.6 is 0 Å². The summed E-state index contributed by atoms with van der Waals surface area (Å²) in [6.45, 7) is 0.289. The molecule has 18 heavy (non-hydrogen) atoms. The van der Waals surface area contributed by atoms with Crippen LogP contribution in [0.2, 0.25) is 0 Å². The highest BCUT2D eigenvalue weighted by Crippen LogP contribution is 2.22. The van der Waals surface area contributed by atoms with E-state index in [4.69, 9.17) is 9.84 Å². The molecule has 1 saturated heterocycles. The van der Waals surface area contributed by atoms with Crippen molar-refractivity contribution in [1.82, 2.24) is 5.32 Å². The summed E-state index contributed by atoms with van der Waals surface area (Å²) in [5.74, 6) is 0. The third-order valence-corrected chi connectivity index (χ3v) is 4.10.